The molecule has 0 unspecified atom stereocenters. The maximum absolute atomic E-state index is 12.5. The maximum atomic E-state index is 12.5. The van der Waals surface area contributed by atoms with E-state index in [0.29, 0.717) is 19.7 Å². The van der Waals surface area contributed by atoms with Gasteiger partial charge in [-0.05, 0) is 38.9 Å². The van der Waals surface area contributed by atoms with Crippen LogP contribution in [0.3, 0.4) is 0 Å². The van der Waals surface area contributed by atoms with Crippen LogP contribution in [0.5, 0.6) is 0 Å². The van der Waals surface area contributed by atoms with E-state index in [4.69, 9.17) is 4.74 Å². The van der Waals surface area contributed by atoms with Gasteiger partial charge in [0.25, 0.3) is 0 Å². The van der Waals surface area contributed by atoms with Gasteiger partial charge in [-0.2, -0.15) is 0 Å². The first-order chi connectivity index (χ1) is 10.6. The lowest BCUT2D eigenvalue weighted by molar-refractivity contribution is -0.123. The van der Waals surface area contributed by atoms with Crippen molar-refractivity contribution < 1.29 is 9.53 Å². The Morgan fingerprint density at radius 3 is 2.55 bits per heavy atom. The van der Waals surface area contributed by atoms with E-state index in [1.165, 1.54) is 5.56 Å². The van der Waals surface area contributed by atoms with Crippen molar-refractivity contribution >= 4 is 11.7 Å². The molecule has 2 aliphatic heterocycles. The van der Waals surface area contributed by atoms with Gasteiger partial charge in [-0.1, -0.05) is 17.7 Å². The summed E-state index contributed by atoms with van der Waals surface area (Å²) in [5.41, 5.74) is 1.89. The highest BCUT2D eigenvalue weighted by Crippen LogP contribution is 2.29. The highest BCUT2D eigenvalue weighted by atomic mass is 16.5. The van der Waals surface area contributed by atoms with Crippen molar-refractivity contribution in [2.45, 2.75) is 25.4 Å². The molecule has 0 radical (unpaired) electrons. The molecule has 2 heterocycles. The molecule has 1 aromatic rings. The van der Waals surface area contributed by atoms with Crippen LogP contribution >= 0.6 is 0 Å². The number of carbonyl (C=O) groups is 1. The van der Waals surface area contributed by atoms with Crippen LogP contribution in [0.4, 0.5) is 10.5 Å². The SMILES string of the molecule is Cc1ccc(NC(=O)N2CCOC3(CCN(C)CC3)C2)cc1. The zero-order valence-corrected chi connectivity index (χ0v) is 13.5. The van der Waals surface area contributed by atoms with Crippen molar-refractivity contribution in [3.05, 3.63) is 29.8 Å². The molecule has 0 bridgehead atoms. The van der Waals surface area contributed by atoms with E-state index < -0.39 is 0 Å². The Kier molecular flexibility index (Phi) is 4.36. The molecule has 2 fully saturated rings. The lowest BCUT2D eigenvalue weighted by Crippen LogP contribution is -2.58. The van der Waals surface area contributed by atoms with Crippen molar-refractivity contribution in [2.75, 3.05) is 45.2 Å². The van der Waals surface area contributed by atoms with Gasteiger partial charge >= 0.3 is 6.03 Å². The molecule has 0 saturated carbocycles. The summed E-state index contributed by atoms with van der Waals surface area (Å²) in [5, 5.41) is 2.99. The Morgan fingerprint density at radius 2 is 1.86 bits per heavy atom. The minimum absolute atomic E-state index is 0.0227. The lowest BCUT2D eigenvalue weighted by Gasteiger charge is -2.46. The van der Waals surface area contributed by atoms with Crippen LogP contribution in [-0.2, 0) is 4.74 Å². The number of amides is 2. The van der Waals surface area contributed by atoms with Crippen LogP contribution in [0.25, 0.3) is 0 Å². The Balaban J connectivity index is 1.61. The highest BCUT2D eigenvalue weighted by molar-refractivity contribution is 5.89. The van der Waals surface area contributed by atoms with E-state index in [-0.39, 0.29) is 11.6 Å². The highest BCUT2D eigenvalue weighted by Gasteiger charge is 2.40. The zero-order chi connectivity index (χ0) is 15.6. The molecule has 120 valence electrons. The Bertz CT molecular complexity index is 521. The molecule has 5 heteroatoms. The van der Waals surface area contributed by atoms with Crippen molar-refractivity contribution in [1.82, 2.24) is 9.80 Å². The number of rotatable bonds is 1. The Hall–Kier alpha value is -1.59. The number of benzene rings is 1. The fourth-order valence-corrected chi connectivity index (χ4v) is 3.19. The van der Waals surface area contributed by atoms with Crippen LogP contribution < -0.4 is 5.32 Å². The van der Waals surface area contributed by atoms with Gasteiger partial charge in [0, 0.05) is 25.3 Å². The number of ether oxygens (including phenoxy) is 1. The second-order valence-electron chi connectivity index (χ2n) is 6.55. The third-order valence-corrected chi connectivity index (χ3v) is 4.74. The van der Waals surface area contributed by atoms with Gasteiger partial charge in [0.05, 0.1) is 18.8 Å². The zero-order valence-electron chi connectivity index (χ0n) is 13.5. The van der Waals surface area contributed by atoms with Crippen LogP contribution in [0.15, 0.2) is 24.3 Å². The number of carbonyl (C=O) groups excluding carboxylic acids is 1. The maximum Gasteiger partial charge on any atom is 0.322 e. The molecule has 1 spiro atoms. The molecule has 2 saturated heterocycles. The predicted octanol–water partition coefficient (Wildman–Crippen LogP) is 2.32. The lowest BCUT2D eigenvalue weighted by atomic mass is 9.89. The topological polar surface area (TPSA) is 44.8 Å². The summed E-state index contributed by atoms with van der Waals surface area (Å²) in [4.78, 5) is 16.7. The number of urea groups is 1. The average Bonchev–Trinajstić information content (AvgIpc) is 2.53. The summed E-state index contributed by atoms with van der Waals surface area (Å²) in [6.07, 6.45) is 2.00. The molecule has 5 nitrogen and oxygen atoms in total. The monoisotopic (exact) mass is 303 g/mol. The van der Waals surface area contributed by atoms with Gasteiger partial charge in [0.1, 0.15) is 0 Å². The Labute approximate surface area is 132 Å². The number of aryl methyl sites for hydroxylation is 1. The van der Waals surface area contributed by atoms with Crippen molar-refractivity contribution in [3.63, 3.8) is 0 Å². The smallest absolute Gasteiger partial charge is 0.322 e. The molecule has 1 N–H and O–H groups in total. The number of hydrogen-bond donors (Lipinski definition) is 1. The molecular formula is C17H25N3O2. The molecule has 1 aromatic carbocycles. The number of likely N-dealkylation sites (tertiary alicyclic amines) is 1. The van der Waals surface area contributed by atoms with Gasteiger partial charge in [-0.15, -0.1) is 0 Å². The first-order valence-corrected chi connectivity index (χ1v) is 8.01. The average molecular weight is 303 g/mol. The first kappa shape index (κ1) is 15.3. The number of morpholine rings is 1. The summed E-state index contributed by atoms with van der Waals surface area (Å²) in [7, 11) is 2.14. The van der Waals surface area contributed by atoms with E-state index in [1.807, 2.05) is 36.1 Å². The van der Waals surface area contributed by atoms with Gasteiger partial charge in [-0.3, -0.25) is 0 Å². The van der Waals surface area contributed by atoms with Gasteiger partial charge < -0.3 is 19.9 Å². The molecule has 0 aromatic heterocycles. The summed E-state index contributed by atoms with van der Waals surface area (Å²) in [6.45, 7) is 6.09. The fraction of sp³-hybridized carbons (Fsp3) is 0.588. The summed E-state index contributed by atoms with van der Waals surface area (Å²) < 4.78 is 6.05. The number of nitrogens with zero attached hydrogens (tertiary/aromatic N) is 2. The summed E-state index contributed by atoms with van der Waals surface area (Å²) in [5.74, 6) is 0. The number of anilines is 1. The summed E-state index contributed by atoms with van der Waals surface area (Å²) in [6, 6.07) is 7.88. The van der Waals surface area contributed by atoms with E-state index >= 15 is 0 Å². The molecule has 3 rings (SSSR count). The van der Waals surface area contributed by atoms with E-state index in [1.54, 1.807) is 0 Å². The minimum Gasteiger partial charge on any atom is -0.371 e. The normalized spacial score (nSPS) is 21.8. The van der Waals surface area contributed by atoms with Crippen LogP contribution in [-0.4, -0.2) is 61.3 Å². The van der Waals surface area contributed by atoms with Gasteiger partial charge in [-0.25, -0.2) is 4.79 Å². The fourth-order valence-electron chi connectivity index (χ4n) is 3.19. The van der Waals surface area contributed by atoms with Crippen molar-refractivity contribution in [1.29, 1.82) is 0 Å². The van der Waals surface area contributed by atoms with Gasteiger partial charge in [0.15, 0.2) is 0 Å². The number of hydrogen-bond acceptors (Lipinski definition) is 3. The quantitative estimate of drug-likeness (QED) is 0.866. The molecular weight excluding hydrogens is 278 g/mol. The third-order valence-electron chi connectivity index (χ3n) is 4.74. The van der Waals surface area contributed by atoms with Crippen LogP contribution in [0, 0.1) is 6.92 Å². The first-order valence-electron chi connectivity index (χ1n) is 8.01. The van der Waals surface area contributed by atoms with E-state index in [9.17, 15) is 4.79 Å². The Morgan fingerprint density at radius 1 is 1.18 bits per heavy atom. The van der Waals surface area contributed by atoms with E-state index in [2.05, 4.69) is 17.3 Å². The van der Waals surface area contributed by atoms with Crippen molar-refractivity contribution in [3.8, 4) is 0 Å². The minimum atomic E-state index is -0.143. The van der Waals surface area contributed by atoms with Crippen molar-refractivity contribution in [2.24, 2.45) is 0 Å². The predicted molar refractivity (Wildman–Crippen MR) is 87.2 cm³/mol. The second-order valence-corrected chi connectivity index (χ2v) is 6.55. The number of piperidine rings is 1. The molecule has 2 aliphatic rings. The number of nitrogens with one attached hydrogen (secondary N) is 1. The molecule has 22 heavy (non-hydrogen) atoms. The van der Waals surface area contributed by atoms with Crippen LogP contribution in [0.2, 0.25) is 0 Å². The molecule has 0 atom stereocenters. The second kappa shape index (κ2) is 6.26. The van der Waals surface area contributed by atoms with Gasteiger partial charge in [0.2, 0.25) is 0 Å². The third kappa shape index (κ3) is 3.42. The largest absolute Gasteiger partial charge is 0.371 e. The molecule has 2 amide bonds. The van der Waals surface area contributed by atoms with Crippen LogP contribution in [0.1, 0.15) is 18.4 Å². The summed E-state index contributed by atoms with van der Waals surface area (Å²) >= 11 is 0. The standard InChI is InChI=1S/C17H25N3O2/c1-14-3-5-15(6-4-14)18-16(21)20-11-12-22-17(13-20)7-9-19(2)10-8-17/h3-6H,7-13H2,1-2H3,(H,18,21). The molecule has 0 aliphatic carbocycles. The van der Waals surface area contributed by atoms with E-state index in [0.717, 1.165) is 31.6 Å².